The van der Waals surface area contributed by atoms with Gasteiger partial charge in [-0.25, -0.2) is 18.0 Å². The molecule has 124 valence electrons. The van der Waals surface area contributed by atoms with E-state index in [-0.39, 0.29) is 0 Å². The van der Waals surface area contributed by atoms with E-state index in [0.29, 0.717) is 13.1 Å². The number of carboxylic acid groups (broad SMARTS) is 2. The zero-order valence-corrected chi connectivity index (χ0v) is 13.6. The van der Waals surface area contributed by atoms with Crippen molar-refractivity contribution in [1.29, 1.82) is 0 Å². The van der Waals surface area contributed by atoms with Gasteiger partial charge < -0.3 is 10.2 Å². The van der Waals surface area contributed by atoms with E-state index in [1.54, 1.807) is 15.6 Å². The van der Waals surface area contributed by atoms with E-state index < -0.39 is 22.0 Å². The number of hydrogen-bond acceptors (Lipinski definition) is 6. The lowest BCUT2D eigenvalue weighted by atomic mass is 10.3. The van der Waals surface area contributed by atoms with Crippen LogP contribution in [-0.4, -0.2) is 72.2 Å². The number of nitrogens with zero attached hydrogens (tertiary/aromatic N) is 2. The minimum atomic E-state index is -3.00. The highest BCUT2D eigenvalue weighted by Crippen LogP contribution is 2.12. The van der Waals surface area contributed by atoms with Gasteiger partial charge in [-0.2, -0.15) is 15.6 Å². The fourth-order valence-electron chi connectivity index (χ4n) is 1.86. The highest BCUT2D eigenvalue weighted by Gasteiger charge is 2.23. The summed E-state index contributed by atoms with van der Waals surface area (Å²) in [6, 6.07) is 2.12. The molecule has 1 aliphatic heterocycles. The van der Waals surface area contributed by atoms with Gasteiger partial charge in [-0.3, -0.25) is 4.90 Å². The summed E-state index contributed by atoms with van der Waals surface area (Å²) in [6.07, 6.45) is 1.28. The molecule has 1 aromatic heterocycles. The molecule has 0 radical (unpaired) electrons. The quantitative estimate of drug-likeness (QED) is 0.736. The van der Waals surface area contributed by atoms with Crippen LogP contribution in [0.1, 0.15) is 5.56 Å². The lowest BCUT2D eigenvalue weighted by Gasteiger charge is -2.32. The normalized spacial score (nSPS) is 16.6. The molecule has 10 heteroatoms. The van der Waals surface area contributed by atoms with E-state index in [2.05, 4.69) is 21.7 Å². The van der Waals surface area contributed by atoms with Crippen molar-refractivity contribution in [2.45, 2.75) is 6.54 Å². The molecular formula is C12H18N2O6S2. The van der Waals surface area contributed by atoms with Crippen LogP contribution >= 0.6 is 11.3 Å². The molecule has 0 aromatic carbocycles. The molecule has 2 rings (SSSR count). The van der Waals surface area contributed by atoms with Gasteiger partial charge in [-0.1, -0.05) is 0 Å². The molecule has 8 nitrogen and oxygen atoms in total. The molecule has 2 N–H and O–H groups in total. The van der Waals surface area contributed by atoms with Gasteiger partial charge in [0.05, 0.1) is 6.26 Å². The molecule has 1 aromatic rings. The van der Waals surface area contributed by atoms with Crippen molar-refractivity contribution in [3.05, 3.63) is 22.4 Å². The molecule has 0 atom stereocenters. The minimum absolute atomic E-state index is 0.614. The summed E-state index contributed by atoms with van der Waals surface area (Å²) >= 11 is 1.70. The van der Waals surface area contributed by atoms with E-state index in [9.17, 15) is 8.42 Å². The predicted octanol–water partition coefficient (Wildman–Crippen LogP) is -0.0191. The second kappa shape index (κ2) is 8.22. The molecule has 0 spiro atoms. The van der Waals surface area contributed by atoms with Crippen LogP contribution in [0, 0.1) is 0 Å². The molecular weight excluding hydrogens is 332 g/mol. The van der Waals surface area contributed by atoms with E-state index in [4.69, 9.17) is 19.8 Å². The van der Waals surface area contributed by atoms with Crippen LogP contribution in [0.3, 0.4) is 0 Å². The van der Waals surface area contributed by atoms with Crippen LogP contribution in [0.5, 0.6) is 0 Å². The maximum atomic E-state index is 11.3. The highest BCUT2D eigenvalue weighted by molar-refractivity contribution is 7.88. The Labute approximate surface area is 132 Å². The molecule has 0 amide bonds. The third-order valence-electron chi connectivity index (χ3n) is 2.97. The molecule has 1 aliphatic rings. The average molecular weight is 350 g/mol. The van der Waals surface area contributed by atoms with Gasteiger partial charge in [-0.15, -0.1) is 0 Å². The summed E-state index contributed by atoms with van der Waals surface area (Å²) in [5, 5.41) is 19.0. The second-order valence-electron chi connectivity index (χ2n) is 4.68. The molecule has 0 saturated carbocycles. The van der Waals surface area contributed by atoms with Crippen molar-refractivity contribution in [2.24, 2.45) is 0 Å². The Morgan fingerprint density at radius 3 is 2.09 bits per heavy atom. The molecule has 0 aliphatic carbocycles. The van der Waals surface area contributed by atoms with Gasteiger partial charge in [0.2, 0.25) is 10.0 Å². The topological polar surface area (TPSA) is 115 Å². The van der Waals surface area contributed by atoms with Crippen molar-refractivity contribution in [2.75, 3.05) is 32.4 Å². The Hall–Kier alpha value is -1.49. The maximum Gasteiger partial charge on any atom is 0.414 e. The number of hydrogen-bond donors (Lipinski definition) is 2. The lowest BCUT2D eigenvalue weighted by molar-refractivity contribution is -0.159. The summed E-state index contributed by atoms with van der Waals surface area (Å²) in [6.45, 7) is 3.80. The highest BCUT2D eigenvalue weighted by atomic mass is 32.2. The molecule has 22 heavy (non-hydrogen) atoms. The van der Waals surface area contributed by atoms with Crippen LogP contribution in [0.15, 0.2) is 16.8 Å². The van der Waals surface area contributed by atoms with Crippen molar-refractivity contribution >= 4 is 33.3 Å². The third-order valence-corrected chi connectivity index (χ3v) is 5.00. The summed E-state index contributed by atoms with van der Waals surface area (Å²) in [4.78, 5) is 20.5. The van der Waals surface area contributed by atoms with Gasteiger partial charge in [0.25, 0.3) is 0 Å². The first-order chi connectivity index (χ1) is 10.2. The Balaban J connectivity index is 0.000000346. The summed E-state index contributed by atoms with van der Waals surface area (Å²) < 4.78 is 24.2. The molecule has 0 unspecified atom stereocenters. The Bertz CT molecular complexity index is 579. The van der Waals surface area contributed by atoms with E-state index in [1.165, 1.54) is 11.8 Å². The molecule has 2 heterocycles. The van der Waals surface area contributed by atoms with Gasteiger partial charge in [0.1, 0.15) is 0 Å². The fourth-order valence-corrected chi connectivity index (χ4v) is 3.35. The summed E-state index contributed by atoms with van der Waals surface area (Å²) in [7, 11) is -3.00. The summed E-state index contributed by atoms with van der Waals surface area (Å²) in [5.41, 5.74) is 1.32. The number of rotatable bonds is 3. The molecule has 0 bridgehead atoms. The monoisotopic (exact) mass is 350 g/mol. The number of piperazine rings is 1. The fraction of sp³-hybridized carbons (Fsp3) is 0.500. The number of carbonyl (C=O) groups is 2. The zero-order chi connectivity index (χ0) is 16.8. The van der Waals surface area contributed by atoms with Gasteiger partial charge >= 0.3 is 11.9 Å². The largest absolute Gasteiger partial charge is 0.473 e. The standard InChI is InChI=1S/C10H16N2O2S2.C2H2O4/c1-16(13,14)12-5-3-11(4-6-12)8-10-2-7-15-9-10;3-1(4)2(5)6/h2,7,9H,3-6,8H2,1H3;(H,3,4)(H,5,6). The number of aliphatic carboxylic acids is 2. The van der Waals surface area contributed by atoms with Crippen LogP contribution in [0.2, 0.25) is 0 Å². The first-order valence-electron chi connectivity index (χ1n) is 6.35. The maximum absolute atomic E-state index is 11.3. The Kier molecular flexibility index (Phi) is 6.94. The van der Waals surface area contributed by atoms with Crippen molar-refractivity contribution in [1.82, 2.24) is 9.21 Å². The van der Waals surface area contributed by atoms with Crippen LogP contribution < -0.4 is 0 Å². The number of sulfonamides is 1. The average Bonchev–Trinajstić information content (AvgIpc) is 2.92. The van der Waals surface area contributed by atoms with Crippen LogP contribution in [0.25, 0.3) is 0 Å². The Morgan fingerprint density at radius 1 is 1.18 bits per heavy atom. The van der Waals surface area contributed by atoms with E-state index >= 15 is 0 Å². The minimum Gasteiger partial charge on any atom is -0.473 e. The number of carboxylic acids is 2. The predicted molar refractivity (Wildman–Crippen MR) is 81.3 cm³/mol. The van der Waals surface area contributed by atoms with Crippen LogP contribution in [-0.2, 0) is 26.2 Å². The zero-order valence-electron chi connectivity index (χ0n) is 12.0. The first-order valence-corrected chi connectivity index (χ1v) is 9.14. The first kappa shape index (κ1) is 18.6. The smallest absolute Gasteiger partial charge is 0.414 e. The number of thiophene rings is 1. The second-order valence-corrected chi connectivity index (χ2v) is 7.44. The SMILES string of the molecule is CS(=O)(=O)N1CCN(Cc2ccsc2)CC1.O=C(O)C(=O)O. The van der Waals surface area contributed by atoms with Gasteiger partial charge in [-0.05, 0) is 22.4 Å². The summed E-state index contributed by atoms with van der Waals surface area (Å²) in [5.74, 6) is -3.65. The lowest BCUT2D eigenvalue weighted by Crippen LogP contribution is -2.47. The van der Waals surface area contributed by atoms with Crippen LogP contribution in [0.4, 0.5) is 0 Å². The van der Waals surface area contributed by atoms with E-state index in [1.807, 2.05) is 0 Å². The van der Waals surface area contributed by atoms with E-state index in [0.717, 1.165) is 19.6 Å². The van der Waals surface area contributed by atoms with Crippen molar-refractivity contribution in [3.63, 3.8) is 0 Å². The van der Waals surface area contributed by atoms with Crippen molar-refractivity contribution in [3.8, 4) is 0 Å². The molecule has 1 fully saturated rings. The Morgan fingerprint density at radius 2 is 1.73 bits per heavy atom. The van der Waals surface area contributed by atoms with Gasteiger partial charge in [0.15, 0.2) is 0 Å². The molecule has 1 saturated heterocycles. The van der Waals surface area contributed by atoms with Gasteiger partial charge in [0, 0.05) is 32.7 Å². The van der Waals surface area contributed by atoms with Crippen molar-refractivity contribution < 1.29 is 28.2 Å². The third kappa shape index (κ3) is 6.52.